The fraction of sp³-hybridized carbons (Fsp3) is 0.467. The molecule has 6 heteroatoms. The summed E-state index contributed by atoms with van der Waals surface area (Å²) in [5.41, 5.74) is 2.22. The summed E-state index contributed by atoms with van der Waals surface area (Å²) in [4.78, 5) is 16.4. The van der Waals surface area contributed by atoms with Gasteiger partial charge < -0.3 is 9.80 Å². The van der Waals surface area contributed by atoms with Gasteiger partial charge in [-0.1, -0.05) is 12.1 Å². The minimum Gasteiger partial charge on any atom is -0.322 e. The lowest BCUT2D eigenvalue weighted by molar-refractivity contribution is 0.164. The van der Waals surface area contributed by atoms with Gasteiger partial charge in [0.15, 0.2) is 5.82 Å². The quantitative estimate of drug-likeness (QED) is 0.868. The number of carbonyl (C=O) groups is 1. The largest absolute Gasteiger partial charge is 0.323 e. The number of para-hydroxylation sites is 1. The van der Waals surface area contributed by atoms with Crippen molar-refractivity contribution in [3.05, 3.63) is 23.8 Å². The summed E-state index contributed by atoms with van der Waals surface area (Å²) in [6.45, 7) is 5.39. The molecule has 0 atom stereocenters. The summed E-state index contributed by atoms with van der Waals surface area (Å²) in [5, 5.41) is 8.39. The third-order valence-corrected chi connectivity index (χ3v) is 4.08. The molecule has 1 fully saturated rings. The van der Waals surface area contributed by atoms with Crippen LogP contribution in [0.25, 0.3) is 10.9 Å². The maximum Gasteiger partial charge on any atom is 0.323 e. The molecule has 0 radical (unpaired) electrons. The first-order chi connectivity index (χ1) is 10.1. The molecule has 0 bridgehead atoms. The van der Waals surface area contributed by atoms with Gasteiger partial charge in [0, 0.05) is 38.6 Å². The second kappa shape index (κ2) is 5.37. The lowest BCUT2D eigenvalue weighted by Crippen LogP contribution is -2.48. The monoisotopic (exact) mass is 287 g/mol. The van der Waals surface area contributed by atoms with Crippen LogP contribution >= 0.6 is 0 Å². The van der Waals surface area contributed by atoms with Gasteiger partial charge in [-0.25, -0.2) is 4.79 Å². The lowest BCUT2D eigenvalue weighted by Gasteiger charge is -2.32. The highest BCUT2D eigenvalue weighted by atomic mass is 16.2. The van der Waals surface area contributed by atoms with Crippen molar-refractivity contribution in [3.63, 3.8) is 0 Å². The zero-order valence-corrected chi connectivity index (χ0v) is 12.8. The van der Waals surface area contributed by atoms with E-state index in [-0.39, 0.29) is 6.03 Å². The van der Waals surface area contributed by atoms with Crippen molar-refractivity contribution < 1.29 is 4.79 Å². The summed E-state index contributed by atoms with van der Waals surface area (Å²) in [6.07, 6.45) is 0. The summed E-state index contributed by atoms with van der Waals surface area (Å²) in [7, 11) is 3.98. The summed E-state index contributed by atoms with van der Waals surface area (Å²) >= 11 is 0. The fourth-order valence-corrected chi connectivity index (χ4v) is 2.82. The number of benzene rings is 1. The minimum absolute atomic E-state index is 0.0652. The first-order valence-electron chi connectivity index (χ1n) is 7.23. The van der Waals surface area contributed by atoms with E-state index in [0.717, 1.165) is 42.6 Å². The molecule has 0 unspecified atom stereocenters. The van der Waals surface area contributed by atoms with Crippen molar-refractivity contribution >= 4 is 22.8 Å². The summed E-state index contributed by atoms with van der Waals surface area (Å²) in [5.74, 6) is 0.639. The highest BCUT2D eigenvalue weighted by molar-refractivity contribution is 6.00. The van der Waals surface area contributed by atoms with Crippen LogP contribution in [0.15, 0.2) is 18.2 Å². The molecule has 2 aromatic rings. The molecule has 2 heterocycles. The summed E-state index contributed by atoms with van der Waals surface area (Å²) in [6, 6.07) is 5.97. The van der Waals surface area contributed by atoms with E-state index in [1.165, 1.54) is 0 Å². The van der Waals surface area contributed by atoms with Crippen LogP contribution in [0, 0.1) is 6.92 Å². The third-order valence-electron chi connectivity index (χ3n) is 4.08. The molecule has 0 spiro atoms. The first kappa shape index (κ1) is 13.9. The van der Waals surface area contributed by atoms with Crippen LogP contribution in [0.4, 0.5) is 10.6 Å². The third kappa shape index (κ3) is 2.58. The number of urea groups is 1. The molecule has 1 aliphatic heterocycles. The van der Waals surface area contributed by atoms with Gasteiger partial charge in [-0.15, -0.1) is 0 Å². The lowest BCUT2D eigenvalue weighted by atomic mass is 10.1. The molecular formula is C15H21N5O. The molecule has 1 aliphatic rings. The number of nitrogens with one attached hydrogen (secondary N) is 1. The van der Waals surface area contributed by atoms with Gasteiger partial charge in [0.05, 0.1) is 5.52 Å². The van der Waals surface area contributed by atoms with Crippen LogP contribution in [-0.2, 0) is 7.05 Å². The van der Waals surface area contributed by atoms with E-state index in [0.29, 0.717) is 5.82 Å². The van der Waals surface area contributed by atoms with Gasteiger partial charge in [-0.3, -0.25) is 10.00 Å². The van der Waals surface area contributed by atoms with E-state index in [1.54, 1.807) is 0 Å². The summed E-state index contributed by atoms with van der Waals surface area (Å²) < 4.78 is 1.82. The Bertz CT molecular complexity index is 670. The number of amides is 2. The molecule has 1 aromatic heterocycles. The smallest absolute Gasteiger partial charge is 0.322 e. The number of nitrogens with zero attached hydrogens (tertiary/aromatic N) is 4. The molecule has 1 aromatic carbocycles. The first-order valence-corrected chi connectivity index (χ1v) is 7.23. The normalized spacial score (nSPS) is 16.4. The fourth-order valence-electron chi connectivity index (χ4n) is 2.82. The van der Waals surface area contributed by atoms with Gasteiger partial charge in [0.2, 0.25) is 0 Å². The Morgan fingerprint density at radius 2 is 1.90 bits per heavy atom. The Labute approximate surface area is 124 Å². The Balaban J connectivity index is 1.82. The van der Waals surface area contributed by atoms with Gasteiger partial charge in [0.25, 0.3) is 0 Å². The van der Waals surface area contributed by atoms with E-state index < -0.39 is 0 Å². The number of rotatable bonds is 1. The van der Waals surface area contributed by atoms with Crippen molar-refractivity contribution in [2.24, 2.45) is 7.05 Å². The molecule has 1 N–H and O–H groups in total. The minimum atomic E-state index is -0.0652. The molecule has 2 amide bonds. The molecule has 112 valence electrons. The molecular weight excluding hydrogens is 266 g/mol. The van der Waals surface area contributed by atoms with Crippen LogP contribution in [0.5, 0.6) is 0 Å². The second-order valence-corrected chi connectivity index (χ2v) is 5.66. The SMILES string of the molecule is Cc1cccc2c(NC(=O)N3CCN(C)CC3)nn(C)c12. The Morgan fingerprint density at radius 3 is 2.62 bits per heavy atom. The van der Waals surface area contributed by atoms with Crippen molar-refractivity contribution in [3.8, 4) is 0 Å². The van der Waals surface area contributed by atoms with Crippen LogP contribution in [0.2, 0.25) is 0 Å². The number of aromatic nitrogens is 2. The van der Waals surface area contributed by atoms with E-state index in [2.05, 4.69) is 35.4 Å². The average Bonchev–Trinajstić information content (AvgIpc) is 2.77. The van der Waals surface area contributed by atoms with E-state index >= 15 is 0 Å². The van der Waals surface area contributed by atoms with Crippen molar-refractivity contribution in [2.45, 2.75) is 6.92 Å². The van der Waals surface area contributed by atoms with Gasteiger partial charge in [-0.05, 0) is 25.6 Å². The van der Waals surface area contributed by atoms with Crippen LogP contribution < -0.4 is 5.32 Å². The molecule has 3 rings (SSSR count). The zero-order chi connectivity index (χ0) is 15.0. The number of piperazine rings is 1. The molecule has 0 saturated carbocycles. The number of hydrogen-bond acceptors (Lipinski definition) is 3. The van der Waals surface area contributed by atoms with Crippen molar-refractivity contribution in [2.75, 3.05) is 38.5 Å². The van der Waals surface area contributed by atoms with Crippen LogP contribution in [-0.4, -0.2) is 58.8 Å². The van der Waals surface area contributed by atoms with E-state index in [1.807, 2.05) is 28.8 Å². The molecule has 6 nitrogen and oxygen atoms in total. The van der Waals surface area contributed by atoms with Gasteiger partial charge in [-0.2, -0.15) is 5.10 Å². The Kier molecular flexibility index (Phi) is 3.55. The van der Waals surface area contributed by atoms with Crippen molar-refractivity contribution in [1.29, 1.82) is 0 Å². The standard InChI is InChI=1S/C15H21N5O/c1-11-5-4-6-12-13(11)19(3)17-14(12)16-15(21)20-9-7-18(2)8-10-20/h4-6H,7-10H2,1-3H3,(H,16,17,21). The molecule has 1 saturated heterocycles. The highest BCUT2D eigenvalue weighted by Gasteiger charge is 2.21. The highest BCUT2D eigenvalue weighted by Crippen LogP contribution is 2.25. The molecule has 21 heavy (non-hydrogen) atoms. The number of fused-ring (bicyclic) bond motifs is 1. The Hall–Kier alpha value is -2.08. The average molecular weight is 287 g/mol. The zero-order valence-electron chi connectivity index (χ0n) is 12.8. The topological polar surface area (TPSA) is 53.4 Å². The Morgan fingerprint density at radius 1 is 1.19 bits per heavy atom. The van der Waals surface area contributed by atoms with Gasteiger partial charge >= 0.3 is 6.03 Å². The van der Waals surface area contributed by atoms with Crippen molar-refractivity contribution in [1.82, 2.24) is 19.6 Å². The van der Waals surface area contributed by atoms with Gasteiger partial charge in [0.1, 0.15) is 0 Å². The predicted molar refractivity (Wildman–Crippen MR) is 83.5 cm³/mol. The second-order valence-electron chi connectivity index (χ2n) is 5.66. The maximum atomic E-state index is 12.4. The predicted octanol–water partition coefficient (Wildman–Crippen LogP) is 1.66. The number of carbonyl (C=O) groups excluding carboxylic acids is 1. The molecule has 0 aliphatic carbocycles. The van der Waals surface area contributed by atoms with Crippen LogP contribution in [0.3, 0.4) is 0 Å². The maximum absolute atomic E-state index is 12.4. The van der Waals surface area contributed by atoms with E-state index in [4.69, 9.17) is 0 Å². The number of likely N-dealkylation sites (N-methyl/N-ethyl adjacent to an activating group) is 1. The number of hydrogen-bond donors (Lipinski definition) is 1. The number of anilines is 1. The van der Waals surface area contributed by atoms with E-state index in [9.17, 15) is 4.79 Å². The van der Waals surface area contributed by atoms with Crippen LogP contribution in [0.1, 0.15) is 5.56 Å². The number of aryl methyl sites for hydroxylation is 2.